The van der Waals surface area contributed by atoms with E-state index >= 15 is 0 Å². The zero-order valence-corrected chi connectivity index (χ0v) is 23.7. The number of hydrogen-bond donors (Lipinski definition) is 1. The third-order valence-corrected chi connectivity index (χ3v) is 6.11. The van der Waals surface area contributed by atoms with Crippen LogP contribution < -0.4 is 5.32 Å². The van der Waals surface area contributed by atoms with Crippen molar-refractivity contribution in [1.82, 2.24) is 19.7 Å². The van der Waals surface area contributed by atoms with Gasteiger partial charge in [-0.3, -0.25) is 9.59 Å². The highest BCUT2D eigenvalue weighted by atomic mass is 35.5. The maximum absolute atomic E-state index is 13.5. The number of esters is 1. The minimum atomic E-state index is -0.526. The summed E-state index contributed by atoms with van der Waals surface area (Å²) in [5.41, 5.74) is 1.96. The van der Waals surface area contributed by atoms with Crippen molar-refractivity contribution in [1.29, 1.82) is 0 Å². The SMILES string of the molecule is CCOCCCN(CC(=O)N(Cc1cccn1Cc1ccccc1Cl)CC(C)C)C(=O)NCC(=O)OCC. The molecule has 2 rings (SSSR count). The van der Waals surface area contributed by atoms with Crippen LogP contribution in [0.25, 0.3) is 0 Å². The summed E-state index contributed by atoms with van der Waals surface area (Å²) in [4.78, 5) is 41.3. The van der Waals surface area contributed by atoms with Gasteiger partial charge in [-0.25, -0.2) is 4.79 Å². The average molecular weight is 549 g/mol. The van der Waals surface area contributed by atoms with E-state index in [9.17, 15) is 14.4 Å². The van der Waals surface area contributed by atoms with Crippen molar-refractivity contribution in [2.24, 2.45) is 5.92 Å². The number of nitrogens with zero attached hydrogens (tertiary/aromatic N) is 3. The largest absolute Gasteiger partial charge is 0.465 e. The second kappa shape index (κ2) is 16.7. The molecule has 0 aliphatic heterocycles. The fourth-order valence-electron chi connectivity index (χ4n) is 3.94. The molecule has 0 aliphatic rings. The van der Waals surface area contributed by atoms with Crippen molar-refractivity contribution in [2.45, 2.75) is 47.2 Å². The Bertz CT molecular complexity index is 1030. The van der Waals surface area contributed by atoms with E-state index < -0.39 is 12.0 Å². The van der Waals surface area contributed by atoms with Crippen molar-refractivity contribution in [3.05, 3.63) is 58.9 Å². The Morgan fingerprint density at radius 3 is 2.50 bits per heavy atom. The standard InChI is InChI=1S/C28H41ClN4O5/c1-5-37-16-10-15-32(28(36)30-17-27(35)38-6-2)21-26(34)33(18-22(3)4)20-24-12-9-14-31(24)19-23-11-7-8-13-25(23)29/h7-9,11-14,22H,5-6,10,15-21H2,1-4H3,(H,30,36). The molecule has 1 N–H and O–H groups in total. The number of aromatic nitrogens is 1. The molecule has 0 aliphatic carbocycles. The van der Waals surface area contributed by atoms with Gasteiger partial charge >= 0.3 is 12.0 Å². The summed E-state index contributed by atoms with van der Waals surface area (Å²) in [5.74, 6) is -0.468. The quantitative estimate of drug-likeness (QED) is 0.251. The number of carbonyl (C=O) groups excluding carboxylic acids is 3. The molecule has 1 heterocycles. The van der Waals surface area contributed by atoms with E-state index in [1.807, 2.05) is 49.5 Å². The molecule has 10 heteroatoms. The first-order valence-corrected chi connectivity index (χ1v) is 13.5. The lowest BCUT2D eigenvalue weighted by molar-refractivity contribution is -0.141. The van der Waals surface area contributed by atoms with Gasteiger partial charge in [-0.05, 0) is 49.9 Å². The molecule has 0 fully saturated rings. The number of carbonyl (C=O) groups is 3. The van der Waals surface area contributed by atoms with Gasteiger partial charge in [-0.15, -0.1) is 0 Å². The number of hydrogen-bond acceptors (Lipinski definition) is 5. The van der Waals surface area contributed by atoms with Gasteiger partial charge in [0.2, 0.25) is 5.91 Å². The van der Waals surface area contributed by atoms with Crippen LogP contribution in [0.4, 0.5) is 4.79 Å². The summed E-state index contributed by atoms with van der Waals surface area (Å²) >= 11 is 6.37. The molecule has 9 nitrogen and oxygen atoms in total. The molecule has 0 unspecified atom stereocenters. The van der Waals surface area contributed by atoms with Crippen LogP contribution in [-0.2, 0) is 32.2 Å². The Labute approximate surface area is 231 Å². The Morgan fingerprint density at radius 1 is 1.05 bits per heavy atom. The molecule has 1 aromatic heterocycles. The number of ether oxygens (including phenoxy) is 2. The zero-order chi connectivity index (χ0) is 27.9. The van der Waals surface area contributed by atoms with Crippen LogP contribution in [0, 0.1) is 5.92 Å². The van der Waals surface area contributed by atoms with Gasteiger partial charge in [0, 0.05) is 49.8 Å². The summed E-state index contributed by atoms with van der Waals surface area (Å²) in [5, 5.41) is 3.26. The molecule has 2 aromatic rings. The first-order chi connectivity index (χ1) is 18.2. The van der Waals surface area contributed by atoms with Crippen LogP contribution in [0.5, 0.6) is 0 Å². The van der Waals surface area contributed by atoms with Crippen molar-refractivity contribution in [3.8, 4) is 0 Å². The number of rotatable bonds is 16. The third-order valence-electron chi connectivity index (χ3n) is 5.74. The van der Waals surface area contributed by atoms with Crippen molar-refractivity contribution < 1.29 is 23.9 Å². The Hall–Kier alpha value is -3.04. The van der Waals surface area contributed by atoms with Gasteiger partial charge in [0.15, 0.2) is 0 Å². The normalized spacial score (nSPS) is 10.9. The highest BCUT2D eigenvalue weighted by Crippen LogP contribution is 2.18. The number of benzene rings is 1. The van der Waals surface area contributed by atoms with Gasteiger partial charge in [0.05, 0.1) is 13.2 Å². The molecule has 0 atom stereocenters. The Balaban J connectivity index is 2.14. The lowest BCUT2D eigenvalue weighted by Gasteiger charge is -2.29. The Morgan fingerprint density at radius 2 is 1.82 bits per heavy atom. The number of halogens is 1. The van der Waals surface area contributed by atoms with Gasteiger partial charge in [0.25, 0.3) is 0 Å². The van der Waals surface area contributed by atoms with Gasteiger partial charge < -0.3 is 29.2 Å². The molecule has 0 bridgehead atoms. The van der Waals surface area contributed by atoms with Crippen LogP contribution in [-0.4, -0.2) is 78.3 Å². The minimum absolute atomic E-state index is 0.112. The van der Waals surface area contributed by atoms with Crippen molar-refractivity contribution >= 4 is 29.5 Å². The lowest BCUT2D eigenvalue weighted by Crippen LogP contribution is -2.48. The molecule has 0 spiro atoms. The van der Waals surface area contributed by atoms with Crippen LogP contribution in [0.3, 0.4) is 0 Å². The topological polar surface area (TPSA) is 93.1 Å². The molecule has 210 valence electrons. The average Bonchev–Trinajstić information content (AvgIpc) is 3.31. The smallest absolute Gasteiger partial charge is 0.325 e. The lowest BCUT2D eigenvalue weighted by atomic mass is 10.2. The van der Waals surface area contributed by atoms with Crippen LogP contribution in [0.1, 0.15) is 45.4 Å². The van der Waals surface area contributed by atoms with Crippen LogP contribution >= 0.6 is 11.6 Å². The number of nitrogens with one attached hydrogen (secondary N) is 1. The van der Waals surface area contributed by atoms with E-state index in [-0.39, 0.29) is 31.5 Å². The first-order valence-electron chi connectivity index (χ1n) is 13.2. The van der Waals surface area contributed by atoms with Crippen LogP contribution in [0.2, 0.25) is 5.02 Å². The summed E-state index contributed by atoms with van der Waals surface area (Å²) in [6.45, 7) is 10.4. The number of amides is 3. The van der Waals surface area contributed by atoms with E-state index in [4.69, 9.17) is 21.1 Å². The van der Waals surface area contributed by atoms with Crippen LogP contribution in [0.15, 0.2) is 42.6 Å². The molecular formula is C28H41ClN4O5. The first kappa shape index (κ1) is 31.2. The van der Waals surface area contributed by atoms with Crippen molar-refractivity contribution in [2.75, 3.05) is 46.0 Å². The minimum Gasteiger partial charge on any atom is -0.465 e. The highest BCUT2D eigenvalue weighted by molar-refractivity contribution is 6.31. The van der Waals surface area contributed by atoms with Gasteiger partial charge in [-0.2, -0.15) is 0 Å². The monoisotopic (exact) mass is 548 g/mol. The summed E-state index contributed by atoms with van der Waals surface area (Å²) < 4.78 is 12.4. The highest BCUT2D eigenvalue weighted by Gasteiger charge is 2.23. The van der Waals surface area contributed by atoms with Crippen molar-refractivity contribution in [3.63, 3.8) is 0 Å². The van der Waals surface area contributed by atoms with Gasteiger partial charge in [0.1, 0.15) is 13.1 Å². The van der Waals surface area contributed by atoms with Gasteiger partial charge in [-0.1, -0.05) is 43.6 Å². The Kier molecular flexibility index (Phi) is 13.7. The zero-order valence-electron chi connectivity index (χ0n) is 23.0. The summed E-state index contributed by atoms with van der Waals surface area (Å²) in [6, 6.07) is 11.1. The molecule has 38 heavy (non-hydrogen) atoms. The van der Waals surface area contributed by atoms with E-state index in [0.29, 0.717) is 50.8 Å². The molecule has 3 amide bonds. The van der Waals surface area contributed by atoms with E-state index in [1.54, 1.807) is 11.8 Å². The third kappa shape index (κ3) is 10.8. The fraction of sp³-hybridized carbons (Fsp3) is 0.536. The van der Waals surface area contributed by atoms with E-state index in [2.05, 4.69) is 23.7 Å². The molecule has 0 saturated carbocycles. The maximum Gasteiger partial charge on any atom is 0.325 e. The number of urea groups is 1. The second-order valence-electron chi connectivity index (χ2n) is 9.32. The molecule has 0 radical (unpaired) electrons. The molecule has 0 saturated heterocycles. The van der Waals surface area contributed by atoms with E-state index in [1.165, 1.54) is 4.90 Å². The summed E-state index contributed by atoms with van der Waals surface area (Å²) in [6.07, 6.45) is 2.54. The predicted molar refractivity (Wildman–Crippen MR) is 148 cm³/mol. The molecular weight excluding hydrogens is 508 g/mol. The maximum atomic E-state index is 13.5. The fourth-order valence-corrected chi connectivity index (χ4v) is 4.13. The summed E-state index contributed by atoms with van der Waals surface area (Å²) in [7, 11) is 0. The second-order valence-corrected chi connectivity index (χ2v) is 9.73. The predicted octanol–water partition coefficient (Wildman–Crippen LogP) is 4.18. The molecule has 1 aromatic carbocycles. The van der Waals surface area contributed by atoms with E-state index in [0.717, 1.165) is 11.3 Å².